The summed E-state index contributed by atoms with van der Waals surface area (Å²) in [5, 5.41) is 14.4. The summed E-state index contributed by atoms with van der Waals surface area (Å²) in [5.74, 6) is -5.96. The number of hydrogen-bond donors (Lipinski definition) is 3. The molecule has 9 heteroatoms. The van der Waals surface area contributed by atoms with Gasteiger partial charge in [-0.3, -0.25) is 4.79 Å². The molecule has 3 N–H and O–H groups in total. The van der Waals surface area contributed by atoms with Crippen LogP contribution in [-0.4, -0.2) is 53.6 Å². The van der Waals surface area contributed by atoms with Crippen molar-refractivity contribution in [3.63, 3.8) is 0 Å². The van der Waals surface area contributed by atoms with E-state index in [-0.39, 0.29) is 13.1 Å². The maximum absolute atomic E-state index is 14.0. The molecule has 0 aliphatic carbocycles. The van der Waals surface area contributed by atoms with E-state index in [4.69, 9.17) is 0 Å². The summed E-state index contributed by atoms with van der Waals surface area (Å²) < 4.78 is 40.8. The molecule has 0 saturated carbocycles. The number of halogens is 3. The molecule has 2 rings (SSSR count). The number of amides is 3. The fourth-order valence-corrected chi connectivity index (χ4v) is 2.50. The summed E-state index contributed by atoms with van der Waals surface area (Å²) in [6.07, 6.45) is -0.880. The maximum atomic E-state index is 14.0. The Kier molecular flexibility index (Phi) is 5.02. The molecule has 0 spiro atoms. The zero-order valence-electron chi connectivity index (χ0n) is 13.0. The molecule has 1 aromatic rings. The van der Waals surface area contributed by atoms with Gasteiger partial charge in [0.1, 0.15) is 11.4 Å². The van der Waals surface area contributed by atoms with E-state index in [0.29, 0.717) is 5.69 Å². The van der Waals surface area contributed by atoms with Crippen molar-refractivity contribution in [3.05, 3.63) is 30.1 Å². The third kappa shape index (κ3) is 3.45. The second-order valence-electron chi connectivity index (χ2n) is 5.61. The lowest BCUT2D eigenvalue weighted by Gasteiger charge is -2.41. The minimum atomic E-state index is -3.94. The highest BCUT2D eigenvalue weighted by molar-refractivity contribution is 5.89. The van der Waals surface area contributed by atoms with Gasteiger partial charge in [0.05, 0.1) is 0 Å². The monoisotopic (exact) mass is 345 g/mol. The lowest BCUT2D eigenvalue weighted by atomic mass is 9.84. The van der Waals surface area contributed by atoms with E-state index in [0.717, 1.165) is 7.05 Å². The van der Waals surface area contributed by atoms with Gasteiger partial charge in [-0.25, -0.2) is 9.18 Å². The number of likely N-dealkylation sites (tertiary alicyclic amines) is 1. The van der Waals surface area contributed by atoms with Crippen LogP contribution in [0.1, 0.15) is 12.8 Å². The molecule has 0 aromatic heterocycles. The van der Waals surface area contributed by atoms with Crippen LogP contribution in [0.2, 0.25) is 0 Å². The van der Waals surface area contributed by atoms with Crippen LogP contribution in [-0.2, 0) is 4.79 Å². The SMILES string of the molecule is CNC(=O)C(F)(F)C1(O)CCN(C(=O)Nc2ccc(F)cc2)CC1. The van der Waals surface area contributed by atoms with E-state index in [1.807, 2.05) is 5.32 Å². The predicted octanol–water partition coefficient (Wildman–Crippen LogP) is 1.57. The molecule has 1 fully saturated rings. The molecule has 3 amide bonds. The normalized spacial score (nSPS) is 17.3. The van der Waals surface area contributed by atoms with Crippen LogP contribution in [0.25, 0.3) is 0 Å². The Morgan fingerprint density at radius 3 is 2.25 bits per heavy atom. The largest absolute Gasteiger partial charge is 0.383 e. The molecular formula is C15H18F3N3O3. The number of piperidine rings is 1. The van der Waals surface area contributed by atoms with Crippen LogP contribution in [0.15, 0.2) is 24.3 Å². The quantitative estimate of drug-likeness (QED) is 0.778. The fourth-order valence-electron chi connectivity index (χ4n) is 2.50. The third-order valence-corrected chi connectivity index (χ3v) is 4.07. The average Bonchev–Trinajstić information content (AvgIpc) is 2.56. The van der Waals surface area contributed by atoms with Crippen molar-refractivity contribution in [3.8, 4) is 0 Å². The Balaban J connectivity index is 1.97. The van der Waals surface area contributed by atoms with Gasteiger partial charge in [0.2, 0.25) is 0 Å². The summed E-state index contributed by atoms with van der Waals surface area (Å²) in [5.41, 5.74) is -2.14. The fraction of sp³-hybridized carbons (Fsp3) is 0.467. The highest BCUT2D eigenvalue weighted by Gasteiger charge is 2.58. The van der Waals surface area contributed by atoms with Crippen molar-refractivity contribution in [2.45, 2.75) is 24.4 Å². The Morgan fingerprint density at radius 2 is 1.75 bits per heavy atom. The number of alkyl halides is 2. The molecular weight excluding hydrogens is 327 g/mol. The molecule has 0 bridgehead atoms. The summed E-state index contributed by atoms with van der Waals surface area (Å²) >= 11 is 0. The topological polar surface area (TPSA) is 81.7 Å². The number of benzene rings is 1. The number of anilines is 1. The van der Waals surface area contributed by atoms with Gasteiger partial charge in [-0.05, 0) is 24.3 Å². The van der Waals surface area contributed by atoms with Crippen LogP contribution in [0.4, 0.5) is 23.7 Å². The van der Waals surface area contributed by atoms with E-state index in [1.54, 1.807) is 0 Å². The minimum absolute atomic E-state index is 0.143. The van der Waals surface area contributed by atoms with Crippen molar-refractivity contribution < 1.29 is 27.9 Å². The average molecular weight is 345 g/mol. The van der Waals surface area contributed by atoms with Gasteiger partial charge in [-0.15, -0.1) is 0 Å². The number of rotatable bonds is 3. The van der Waals surface area contributed by atoms with Gasteiger partial charge in [-0.1, -0.05) is 0 Å². The number of carbonyl (C=O) groups is 2. The Morgan fingerprint density at radius 1 is 1.21 bits per heavy atom. The van der Waals surface area contributed by atoms with E-state index in [1.165, 1.54) is 29.2 Å². The Bertz CT molecular complexity index is 614. The number of aliphatic hydroxyl groups is 1. The molecule has 0 unspecified atom stereocenters. The van der Waals surface area contributed by atoms with Gasteiger partial charge < -0.3 is 20.6 Å². The molecule has 0 atom stereocenters. The van der Waals surface area contributed by atoms with Crippen molar-refractivity contribution in [2.75, 3.05) is 25.5 Å². The first kappa shape index (κ1) is 18.1. The summed E-state index contributed by atoms with van der Waals surface area (Å²) in [4.78, 5) is 24.6. The standard InChI is InChI=1S/C15H18F3N3O3/c1-19-12(22)15(17,18)14(24)6-8-21(9-7-14)13(23)20-11-4-2-10(16)3-5-11/h2-5,24H,6-9H2,1H3,(H,19,22)(H,20,23). The molecule has 1 aliphatic rings. The number of hydrogen-bond acceptors (Lipinski definition) is 3. The van der Waals surface area contributed by atoms with Gasteiger partial charge in [-0.2, -0.15) is 8.78 Å². The van der Waals surface area contributed by atoms with E-state index in [2.05, 4.69) is 5.32 Å². The minimum Gasteiger partial charge on any atom is -0.383 e. The van der Waals surface area contributed by atoms with Crippen LogP contribution < -0.4 is 10.6 Å². The van der Waals surface area contributed by atoms with Gasteiger partial charge >= 0.3 is 12.0 Å². The number of carbonyl (C=O) groups excluding carboxylic acids is 2. The Labute approximate surface area is 136 Å². The molecule has 1 heterocycles. The van der Waals surface area contributed by atoms with E-state index < -0.39 is 42.1 Å². The van der Waals surface area contributed by atoms with Gasteiger partial charge in [0.15, 0.2) is 0 Å². The third-order valence-electron chi connectivity index (χ3n) is 4.07. The molecule has 1 aromatic carbocycles. The number of nitrogens with one attached hydrogen (secondary N) is 2. The maximum Gasteiger partial charge on any atom is 0.352 e. The van der Waals surface area contributed by atoms with Crippen molar-refractivity contribution in [2.24, 2.45) is 0 Å². The first-order valence-corrected chi connectivity index (χ1v) is 7.33. The molecule has 0 radical (unpaired) electrons. The van der Waals surface area contributed by atoms with Crippen LogP contribution >= 0.6 is 0 Å². The summed E-state index contributed by atoms with van der Waals surface area (Å²) in [6, 6.07) is 4.54. The van der Waals surface area contributed by atoms with Crippen molar-refractivity contribution in [1.29, 1.82) is 0 Å². The molecule has 24 heavy (non-hydrogen) atoms. The predicted molar refractivity (Wildman–Crippen MR) is 80.2 cm³/mol. The highest BCUT2D eigenvalue weighted by Crippen LogP contribution is 2.37. The first-order valence-electron chi connectivity index (χ1n) is 7.33. The zero-order chi connectivity index (χ0) is 18.0. The smallest absolute Gasteiger partial charge is 0.352 e. The van der Waals surface area contributed by atoms with Crippen molar-refractivity contribution in [1.82, 2.24) is 10.2 Å². The Hall–Kier alpha value is -2.29. The molecule has 1 saturated heterocycles. The van der Waals surface area contributed by atoms with Crippen LogP contribution in [0.5, 0.6) is 0 Å². The lowest BCUT2D eigenvalue weighted by molar-refractivity contribution is -0.202. The molecule has 6 nitrogen and oxygen atoms in total. The summed E-state index contributed by atoms with van der Waals surface area (Å²) in [7, 11) is 1.06. The van der Waals surface area contributed by atoms with Crippen LogP contribution in [0.3, 0.4) is 0 Å². The zero-order valence-corrected chi connectivity index (χ0v) is 13.0. The second-order valence-corrected chi connectivity index (χ2v) is 5.61. The number of nitrogens with zero attached hydrogens (tertiary/aromatic N) is 1. The molecule has 132 valence electrons. The van der Waals surface area contributed by atoms with Gasteiger partial charge in [0, 0.05) is 38.7 Å². The lowest BCUT2D eigenvalue weighted by Crippen LogP contribution is -2.61. The highest BCUT2D eigenvalue weighted by atomic mass is 19.3. The van der Waals surface area contributed by atoms with E-state index >= 15 is 0 Å². The summed E-state index contributed by atoms with van der Waals surface area (Å²) in [6.45, 7) is -0.285. The van der Waals surface area contributed by atoms with Crippen LogP contribution in [0, 0.1) is 5.82 Å². The van der Waals surface area contributed by atoms with Crippen molar-refractivity contribution >= 4 is 17.6 Å². The number of urea groups is 1. The second kappa shape index (κ2) is 6.68. The van der Waals surface area contributed by atoms with Gasteiger partial charge in [0.25, 0.3) is 5.91 Å². The van der Waals surface area contributed by atoms with E-state index in [9.17, 15) is 27.9 Å². The molecule has 1 aliphatic heterocycles. The first-order chi connectivity index (χ1) is 11.2.